The maximum Gasteiger partial charge on any atom is 0.248 e. The molecule has 2 fully saturated rings. The SMILES string of the molecule is COCC(=O)N1CCCCCC1C1CCN(Cc2cnnn2C)CC1. The number of aromatic nitrogens is 3. The lowest BCUT2D eigenvalue weighted by Gasteiger charge is -2.40. The van der Waals surface area contributed by atoms with Crippen LogP contribution >= 0.6 is 0 Å². The summed E-state index contributed by atoms with van der Waals surface area (Å²) in [4.78, 5) is 17.1. The Kier molecular flexibility index (Phi) is 6.42. The molecule has 0 bridgehead atoms. The number of methoxy groups -OCH3 is 1. The van der Waals surface area contributed by atoms with Crippen LogP contribution < -0.4 is 0 Å². The molecule has 2 aliphatic heterocycles. The number of likely N-dealkylation sites (tertiary alicyclic amines) is 2. The van der Waals surface area contributed by atoms with Gasteiger partial charge in [-0.05, 0) is 44.7 Å². The van der Waals surface area contributed by atoms with Crippen molar-refractivity contribution in [3.8, 4) is 0 Å². The number of carbonyl (C=O) groups is 1. The molecule has 0 radical (unpaired) electrons. The normalized spacial score (nSPS) is 23.6. The molecule has 1 aromatic heterocycles. The van der Waals surface area contributed by atoms with Crippen LogP contribution in [0.5, 0.6) is 0 Å². The van der Waals surface area contributed by atoms with Gasteiger partial charge in [-0.1, -0.05) is 18.1 Å². The van der Waals surface area contributed by atoms with E-state index in [1.165, 1.54) is 12.8 Å². The van der Waals surface area contributed by atoms with Gasteiger partial charge in [-0.25, -0.2) is 0 Å². The van der Waals surface area contributed by atoms with Crippen molar-refractivity contribution in [1.29, 1.82) is 0 Å². The van der Waals surface area contributed by atoms with Crippen LogP contribution in [0.1, 0.15) is 44.2 Å². The Hall–Kier alpha value is -1.47. The lowest BCUT2D eigenvalue weighted by Crippen LogP contribution is -2.48. The molecule has 0 spiro atoms. The summed E-state index contributed by atoms with van der Waals surface area (Å²) in [6.45, 7) is 4.18. The third-order valence-electron chi connectivity index (χ3n) is 5.76. The van der Waals surface area contributed by atoms with E-state index in [9.17, 15) is 4.79 Å². The number of carbonyl (C=O) groups excluding carboxylic acids is 1. The molecule has 3 rings (SSSR count). The van der Waals surface area contributed by atoms with Crippen LogP contribution in [0.2, 0.25) is 0 Å². The van der Waals surface area contributed by atoms with E-state index in [0.29, 0.717) is 12.0 Å². The standard InChI is InChI=1S/C18H31N5O2/c1-21-16(12-19-20-21)13-22-10-7-15(8-11-22)17-6-4-3-5-9-23(17)18(24)14-25-2/h12,15,17H,3-11,13-14H2,1-2H3. The first-order chi connectivity index (χ1) is 12.2. The second kappa shape index (κ2) is 8.76. The van der Waals surface area contributed by atoms with Gasteiger partial charge in [0.05, 0.1) is 11.9 Å². The minimum atomic E-state index is 0.165. The number of hydrogen-bond donors (Lipinski definition) is 0. The predicted molar refractivity (Wildman–Crippen MR) is 94.8 cm³/mol. The van der Waals surface area contributed by atoms with E-state index in [0.717, 1.165) is 57.6 Å². The Morgan fingerprint density at radius 2 is 2.00 bits per heavy atom. The molecular formula is C18H31N5O2. The Morgan fingerprint density at radius 1 is 1.20 bits per heavy atom. The fraction of sp³-hybridized carbons (Fsp3) is 0.833. The maximum atomic E-state index is 12.5. The smallest absolute Gasteiger partial charge is 0.248 e. The van der Waals surface area contributed by atoms with E-state index < -0.39 is 0 Å². The zero-order valence-corrected chi connectivity index (χ0v) is 15.6. The van der Waals surface area contributed by atoms with Gasteiger partial charge >= 0.3 is 0 Å². The van der Waals surface area contributed by atoms with Crippen molar-refractivity contribution in [3.63, 3.8) is 0 Å². The van der Waals surface area contributed by atoms with E-state index in [1.54, 1.807) is 7.11 Å². The van der Waals surface area contributed by atoms with E-state index >= 15 is 0 Å². The first-order valence-corrected chi connectivity index (χ1v) is 9.53. The van der Waals surface area contributed by atoms with Gasteiger partial charge < -0.3 is 9.64 Å². The topological polar surface area (TPSA) is 63.5 Å². The van der Waals surface area contributed by atoms with Gasteiger partial charge in [0, 0.05) is 33.3 Å². The van der Waals surface area contributed by atoms with Gasteiger partial charge in [0.15, 0.2) is 0 Å². The van der Waals surface area contributed by atoms with Crippen molar-refractivity contribution < 1.29 is 9.53 Å². The largest absolute Gasteiger partial charge is 0.375 e. The molecule has 0 N–H and O–H groups in total. The fourth-order valence-corrected chi connectivity index (χ4v) is 4.32. The molecule has 1 unspecified atom stereocenters. The number of aryl methyl sites for hydroxylation is 1. The third-order valence-corrected chi connectivity index (χ3v) is 5.76. The van der Waals surface area contributed by atoms with Gasteiger partial charge in [-0.3, -0.25) is 14.4 Å². The summed E-state index contributed by atoms with van der Waals surface area (Å²) in [7, 11) is 3.55. The molecular weight excluding hydrogens is 318 g/mol. The molecule has 1 aromatic rings. The molecule has 7 nitrogen and oxygen atoms in total. The maximum absolute atomic E-state index is 12.5. The van der Waals surface area contributed by atoms with Crippen LogP contribution in [0.15, 0.2) is 6.20 Å². The van der Waals surface area contributed by atoms with E-state index in [1.807, 2.05) is 17.9 Å². The number of nitrogens with zero attached hydrogens (tertiary/aromatic N) is 5. The average Bonchev–Trinajstić information content (AvgIpc) is 2.87. The highest BCUT2D eigenvalue weighted by atomic mass is 16.5. The molecule has 3 heterocycles. The van der Waals surface area contributed by atoms with Gasteiger partial charge in [0.25, 0.3) is 0 Å². The average molecular weight is 349 g/mol. The molecule has 140 valence electrons. The summed E-state index contributed by atoms with van der Waals surface area (Å²) in [5, 5.41) is 7.97. The van der Waals surface area contributed by atoms with Crippen molar-refractivity contribution in [3.05, 3.63) is 11.9 Å². The first-order valence-electron chi connectivity index (χ1n) is 9.53. The Labute approximate surface area is 150 Å². The van der Waals surface area contributed by atoms with E-state index in [2.05, 4.69) is 20.1 Å². The van der Waals surface area contributed by atoms with Crippen molar-refractivity contribution in [1.82, 2.24) is 24.8 Å². The third kappa shape index (κ3) is 4.58. The fourth-order valence-electron chi connectivity index (χ4n) is 4.32. The first kappa shape index (κ1) is 18.3. The summed E-state index contributed by atoms with van der Waals surface area (Å²) in [5.74, 6) is 0.776. The van der Waals surface area contributed by atoms with Gasteiger partial charge in [0.1, 0.15) is 6.61 Å². The molecule has 0 aliphatic carbocycles. The van der Waals surface area contributed by atoms with Crippen LogP contribution in [-0.4, -0.2) is 70.1 Å². The number of rotatable bonds is 5. The molecule has 25 heavy (non-hydrogen) atoms. The van der Waals surface area contributed by atoms with Crippen LogP contribution in [0.4, 0.5) is 0 Å². The second-order valence-electron chi connectivity index (χ2n) is 7.40. The number of amides is 1. The molecule has 0 saturated carbocycles. The van der Waals surface area contributed by atoms with Crippen LogP contribution in [-0.2, 0) is 23.1 Å². The van der Waals surface area contributed by atoms with Crippen LogP contribution in [0.25, 0.3) is 0 Å². The quantitative estimate of drug-likeness (QED) is 0.805. The Balaban J connectivity index is 1.57. The number of ether oxygens (including phenoxy) is 1. The molecule has 2 aliphatic rings. The minimum absolute atomic E-state index is 0.165. The van der Waals surface area contributed by atoms with E-state index in [-0.39, 0.29) is 12.5 Å². The summed E-state index contributed by atoms with van der Waals surface area (Å²) >= 11 is 0. The van der Waals surface area contributed by atoms with Crippen LogP contribution in [0.3, 0.4) is 0 Å². The minimum Gasteiger partial charge on any atom is -0.375 e. The summed E-state index contributed by atoms with van der Waals surface area (Å²) in [6.07, 6.45) is 8.91. The summed E-state index contributed by atoms with van der Waals surface area (Å²) in [6, 6.07) is 0.394. The molecule has 7 heteroatoms. The lowest BCUT2D eigenvalue weighted by molar-refractivity contribution is -0.139. The number of piperidine rings is 1. The second-order valence-corrected chi connectivity index (χ2v) is 7.40. The molecule has 0 aromatic carbocycles. The number of hydrogen-bond acceptors (Lipinski definition) is 5. The predicted octanol–water partition coefficient (Wildman–Crippen LogP) is 1.44. The van der Waals surface area contributed by atoms with Crippen molar-refractivity contribution in [2.24, 2.45) is 13.0 Å². The van der Waals surface area contributed by atoms with Crippen molar-refractivity contribution in [2.75, 3.05) is 33.4 Å². The summed E-state index contributed by atoms with van der Waals surface area (Å²) in [5.41, 5.74) is 1.16. The monoisotopic (exact) mass is 349 g/mol. The molecule has 1 atom stereocenters. The van der Waals surface area contributed by atoms with Gasteiger partial charge in [-0.2, -0.15) is 0 Å². The Bertz CT molecular complexity index is 553. The highest BCUT2D eigenvalue weighted by Gasteiger charge is 2.33. The highest BCUT2D eigenvalue weighted by Crippen LogP contribution is 2.30. The van der Waals surface area contributed by atoms with Crippen molar-refractivity contribution >= 4 is 5.91 Å². The van der Waals surface area contributed by atoms with Gasteiger partial charge in [0.2, 0.25) is 5.91 Å². The zero-order valence-electron chi connectivity index (χ0n) is 15.6. The Morgan fingerprint density at radius 3 is 2.68 bits per heavy atom. The summed E-state index contributed by atoms with van der Waals surface area (Å²) < 4.78 is 6.96. The van der Waals surface area contributed by atoms with Gasteiger partial charge in [-0.15, -0.1) is 5.10 Å². The molecule has 2 saturated heterocycles. The lowest BCUT2D eigenvalue weighted by atomic mass is 9.86. The van der Waals surface area contributed by atoms with Crippen molar-refractivity contribution in [2.45, 2.75) is 51.1 Å². The van der Waals surface area contributed by atoms with Crippen LogP contribution in [0, 0.1) is 5.92 Å². The molecule has 1 amide bonds. The highest BCUT2D eigenvalue weighted by molar-refractivity contribution is 5.77. The van der Waals surface area contributed by atoms with E-state index in [4.69, 9.17) is 4.74 Å². The zero-order chi connectivity index (χ0) is 17.6.